The summed E-state index contributed by atoms with van der Waals surface area (Å²) < 4.78 is 5.33. The lowest BCUT2D eigenvalue weighted by Crippen LogP contribution is -2.56. The third-order valence-electron chi connectivity index (χ3n) is 3.26. The normalized spacial score (nSPS) is 24.8. The third kappa shape index (κ3) is 4.34. The van der Waals surface area contributed by atoms with Gasteiger partial charge in [0.05, 0.1) is 5.71 Å². The van der Waals surface area contributed by atoms with E-state index in [1.165, 1.54) is 4.90 Å². The second-order valence-electron chi connectivity index (χ2n) is 6.30. The van der Waals surface area contributed by atoms with E-state index in [-0.39, 0.29) is 6.54 Å². The predicted octanol–water partition coefficient (Wildman–Crippen LogP) is 1.51. The monoisotopic (exact) mass is 299 g/mol. The van der Waals surface area contributed by atoms with E-state index in [0.717, 1.165) is 0 Å². The van der Waals surface area contributed by atoms with Crippen LogP contribution in [0, 0.1) is 5.41 Å². The zero-order valence-corrected chi connectivity index (χ0v) is 13.4. The highest BCUT2D eigenvalue weighted by atomic mass is 16.6. The molecular weight excluding hydrogens is 274 g/mol. The second-order valence-corrected chi connectivity index (χ2v) is 6.30. The van der Waals surface area contributed by atoms with Gasteiger partial charge in [-0.2, -0.15) is 0 Å². The maximum atomic E-state index is 12.1. The lowest BCUT2D eigenvalue weighted by Gasteiger charge is -2.39. The molecule has 1 aliphatic heterocycles. The van der Waals surface area contributed by atoms with E-state index >= 15 is 0 Å². The maximum Gasteiger partial charge on any atom is 0.410 e. The Kier molecular flexibility index (Phi) is 5.20. The molecular formula is C14H25N3O4. The number of primary amides is 1. The van der Waals surface area contributed by atoms with Crippen LogP contribution in [0.2, 0.25) is 0 Å². The highest BCUT2D eigenvalue weighted by Gasteiger charge is 2.44. The molecule has 1 unspecified atom stereocenters. The van der Waals surface area contributed by atoms with E-state index in [2.05, 4.69) is 5.16 Å². The number of likely N-dealkylation sites (tertiary alicyclic amines) is 1. The summed E-state index contributed by atoms with van der Waals surface area (Å²) >= 11 is 0. The summed E-state index contributed by atoms with van der Waals surface area (Å²) in [4.78, 5) is 30.5. The van der Waals surface area contributed by atoms with Gasteiger partial charge in [-0.25, -0.2) is 4.79 Å². The molecule has 0 bridgehead atoms. The minimum absolute atomic E-state index is 0.142. The number of ether oxygens (including phenoxy) is 1. The first-order valence-corrected chi connectivity index (χ1v) is 7.07. The number of carbonyl (C=O) groups is 2. The van der Waals surface area contributed by atoms with Crippen molar-refractivity contribution >= 4 is 17.7 Å². The molecule has 0 aromatic rings. The fourth-order valence-electron chi connectivity index (χ4n) is 2.06. The van der Waals surface area contributed by atoms with E-state index in [9.17, 15) is 9.59 Å². The smallest absolute Gasteiger partial charge is 0.410 e. The minimum Gasteiger partial charge on any atom is -0.444 e. The number of rotatable bonds is 3. The van der Waals surface area contributed by atoms with Crippen molar-refractivity contribution in [3.8, 4) is 0 Å². The van der Waals surface area contributed by atoms with E-state index in [1.807, 2.05) is 6.92 Å². The van der Waals surface area contributed by atoms with Gasteiger partial charge in [0, 0.05) is 19.5 Å². The summed E-state index contributed by atoms with van der Waals surface area (Å²) in [5.41, 5.74) is 4.44. The van der Waals surface area contributed by atoms with Gasteiger partial charge in [-0.15, -0.1) is 0 Å². The molecule has 0 aliphatic carbocycles. The maximum absolute atomic E-state index is 12.1. The van der Waals surface area contributed by atoms with Gasteiger partial charge in [0.2, 0.25) is 5.91 Å². The summed E-state index contributed by atoms with van der Waals surface area (Å²) in [6.07, 6.45) is -0.0241. The summed E-state index contributed by atoms with van der Waals surface area (Å²) in [5, 5.41) is 3.98. The molecule has 0 spiro atoms. The number of hydrogen-bond donors (Lipinski definition) is 1. The molecule has 1 fully saturated rings. The Morgan fingerprint density at radius 2 is 2.05 bits per heavy atom. The molecule has 21 heavy (non-hydrogen) atoms. The second kappa shape index (κ2) is 6.32. The Balaban J connectivity index is 2.90. The number of oxime groups is 1. The Bertz CT molecular complexity index is 442. The van der Waals surface area contributed by atoms with Crippen molar-refractivity contribution < 1.29 is 19.2 Å². The fraction of sp³-hybridized carbons (Fsp3) is 0.786. The molecule has 7 nitrogen and oxygen atoms in total. The third-order valence-corrected chi connectivity index (χ3v) is 3.26. The molecule has 1 atom stereocenters. The topological polar surface area (TPSA) is 94.2 Å². The molecule has 1 aliphatic rings. The van der Waals surface area contributed by atoms with Crippen LogP contribution in [-0.4, -0.2) is 47.9 Å². The largest absolute Gasteiger partial charge is 0.444 e. The quantitative estimate of drug-likeness (QED) is 0.799. The molecule has 2 amide bonds. The average Bonchev–Trinajstić information content (AvgIpc) is 2.35. The first-order chi connectivity index (χ1) is 9.60. The van der Waals surface area contributed by atoms with Gasteiger partial charge in [-0.05, 0) is 34.6 Å². The van der Waals surface area contributed by atoms with E-state index in [0.29, 0.717) is 25.3 Å². The van der Waals surface area contributed by atoms with Crippen molar-refractivity contribution in [2.24, 2.45) is 16.3 Å². The van der Waals surface area contributed by atoms with Crippen LogP contribution in [-0.2, 0) is 14.4 Å². The van der Waals surface area contributed by atoms with Crippen LogP contribution >= 0.6 is 0 Å². The summed E-state index contributed by atoms with van der Waals surface area (Å²) in [6, 6.07) is 0. The summed E-state index contributed by atoms with van der Waals surface area (Å²) in [7, 11) is 0. The van der Waals surface area contributed by atoms with Crippen LogP contribution in [0.4, 0.5) is 4.79 Å². The van der Waals surface area contributed by atoms with Gasteiger partial charge < -0.3 is 20.2 Å². The van der Waals surface area contributed by atoms with E-state index in [4.69, 9.17) is 15.3 Å². The molecule has 0 aromatic heterocycles. The van der Waals surface area contributed by atoms with Crippen LogP contribution in [0.1, 0.15) is 41.0 Å². The number of amides is 2. The van der Waals surface area contributed by atoms with Crippen LogP contribution in [0.3, 0.4) is 0 Å². The molecule has 0 saturated carbocycles. The van der Waals surface area contributed by atoms with Crippen molar-refractivity contribution in [3.63, 3.8) is 0 Å². The minimum atomic E-state index is -1.04. The van der Waals surface area contributed by atoms with Gasteiger partial charge in [0.25, 0.3) is 0 Å². The summed E-state index contributed by atoms with van der Waals surface area (Å²) in [6.45, 7) is 9.84. The highest BCUT2D eigenvalue weighted by Crippen LogP contribution is 2.28. The van der Waals surface area contributed by atoms with Gasteiger partial charge >= 0.3 is 6.09 Å². The molecule has 1 rings (SSSR count). The van der Waals surface area contributed by atoms with Crippen molar-refractivity contribution in [3.05, 3.63) is 0 Å². The van der Waals surface area contributed by atoms with Gasteiger partial charge in [-0.3, -0.25) is 4.79 Å². The van der Waals surface area contributed by atoms with Gasteiger partial charge in [0.1, 0.15) is 17.6 Å². The fourth-order valence-corrected chi connectivity index (χ4v) is 2.06. The molecule has 0 aromatic carbocycles. The van der Waals surface area contributed by atoms with E-state index < -0.39 is 23.0 Å². The van der Waals surface area contributed by atoms with Crippen LogP contribution in [0.5, 0.6) is 0 Å². The van der Waals surface area contributed by atoms with Crippen LogP contribution < -0.4 is 5.73 Å². The Morgan fingerprint density at radius 3 is 2.52 bits per heavy atom. The Morgan fingerprint density at radius 1 is 1.43 bits per heavy atom. The molecule has 0 radical (unpaired) electrons. The lowest BCUT2D eigenvalue weighted by molar-refractivity contribution is -0.124. The number of hydrogen-bond acceptors (Lipinski definition) is 5. The Labute approximate surface area is 125 Å². The van der Waals surface area contributed by atoms with Crippen LogP contribution in [0.25, 0.3) is 0 Å². The number of piperidine rings is 1. The van der Waals surface area contributed by atoms with Crippen molar-refractivity contribution in [1.29, 1.82) is 0 Å². The molecule has 1 heterocycles. The number of carbonyl (C=O) groups excluding carboxylic acids is 2. The first kappa shape index (κ1) is 17.3. The number of nitrogens with two attached hydrogens (primary N) is 1. The average molecular weight is 299 g/mol. The summed E-state index contributed by atoms with van der Waals surface area (Å²) in [5.74, 6) is -0.533. The van der Waals surface area contributed by atoms with Crippen molar-refractivity contribution in [2.45, 2.75) is 46.6 Å². The predicted molar refractivity (Wildman–Crippen MR) is 78.8 cm³/mol. The molecule has 7 heteroatoms. The Hall–Kier alpha value is -1.79. The van der Waals surface area contributed by atoms with Crippen molar-refractivity contribution in [2.75, 3.05) is 19.7 Å². The first-order valence-electron chi connectivity index (χ1n) is 7.07. The highest BCUT2D eigenvalue weighted by molar-refractivity contribution is 6.08. The molecule has 2 N–H and O–H groups in total. The number of nitrogens with zero attached hydrogens (tertiary/aromatic N) is 2. The molecule has 120 valence electrons. The van der Waals surface area contributed by atoms with Gasteiger partial charge in [-0.1, -0.05) is 5.16 Å². The van der Waals surface area contributed by atoms with Crippen LogP contribution in [0.15, 0.2) is 5.16 Å². The van der Waals surface area contributed by atoms with E-state index in [1.54, 1.807) is 27.7 Å². The molecule has 1 saturated heterocycles. The lowest BCUT2D eigenvalue weighted by atomic mass is 9.79. The van der Waals surface area contributed by atoms with Gasteiger partial charge in [0.15, 0.2) is 0 Å². The standard InChI is InChI=1S/C14H25N3O4/c1-6-20-16-10-7-8-17(9-14(10,5)11(15)18)12(19)21-13(2,3)4/h6-9H2,1-5H3,(H2,15,18)/b16-10+. The SMILES string of the molecule is CCO/N=C1\CCN(C(=O)OC(C)(C)C)CC1(C)C(N)=O. The van der Waals surface area contributed by atoms with Crippen molar-refractivity contribution in [1.82, 2.24) is 4.90 Å². The zero-order valence-electron chi connectivity index (χ0n) is 13.4. The zero-order chi connectivity index (χ0) is 16.3.